The number of rotatable bonds is 6. The summed E-state index contributed by atoms with van der Waals surface area (Å²) in [5.41, 5.74) is 1.86. The van der Waals surface area contributed by atoms with E-state index < -0.39 is 5.97 Å². The summed E-state index contributed by atoms with van der Waals surface area (Å²) < 4.78 is 11.3. The van der Waals surface area contributed by atoms with Crippen molar-refractivity contribution in [1.29, 1.82) is 0 Å². The molecule has 1 N–H and O–H groups in total. The molecule has 6 heteroatoms. The van der Waals surface area contributed by atoms with Crippen LogP contribution in [0.4, 0.5) is 0 Å². The number of ketones is 1. The van der Waals surface area contributed by atoms with E-state index in [0.717, 1.165) is 4.47 Å². The van der Waals surface area contributed by atoms with Crippen molar-refractivity contribution in [1.82, 2.24) is 4.98 Å². The van der Waals surface area contributed by atoms with Crippen LogP contribution in [0.3, 0.4) is 0 Å². The summed E-state index contributed by atoms with van der Waals surface area (Å²) >= 11 is 3.36. The summed E-state index contributed by atoms with van der Waals surface area (Å²) in [4.78, 5) is 27.6. The molecule has 0 atom stereocenters. The lowest BCUT2D eigenvalue weighted by Gasteiger charge is -2.09. The largest absolute Gasteiger partial charge is 0.484 e. The van der Waals surface area contributed by atoms with E-state index in [9.17, 15) is 9.59 Å². The molecule has 1 aromatic carbocycles. The molecule has 2 rings (SSSR count). The van der Waals surface area contributed by atoms with E-state index in [-0.39, 0.29) is 24.6 Å². The molecule has 0 fully saturated rings. The zero-order valence-corrected chi connectivity index (χ0v) is 14.8. The molecule has 0 saturated heterocycles. The van der Waals surface area contributed by atoms with E-state index in [0.29, 0.717) is 22.7 Å². The normalized spacial score (nSPS) is 10.4. The average molecular weight is 380 g/mol. The quantitative estimate of drug-likeness (QED) is 0.611. The van der Waals surface area contributed by atoms with Gasteiger partial charge in [0.05, 0.1) is 22.2 Å². The predicted molar refractivity (Wildman–Crippen MR) is 90.2 cm³/mol. The Bertz CT molecular complexity index is 736. The SMILES string of the molecule is CCOC(=O)c1c(C)[nH]c(C)c1C(=O)COc1ccccc1Br. The van der Waals surface area contributed by atoms with Gasteiger partial charge in [-0.25, -0.2) is 4.79 Å². The molecule has 0 aliphatic heterocycles. The van der Waals surface area contributed by atoms with Crippen molar-refractivity contribution >= 4 is 27.7 Å². The number of Topliss-reactive ketones (excluding diaryl/α,β-unsaturated/α-hetero) is 1. The van der Waals surface area contributed by atoms with Crippen LogP contribution in [0.5, 0.6) is 5.75 Å². The molecular weight excluding hydrogens is 362 g/mol. The van der Waals surface area contributed by atoms with Crippen molar-refractivity contribution in [2.45, 2.75) is 20.8 Å². The van der Waals surface area contributed by atoms with Crippen LogP contribution in [-0.2, 0) is 4.74 Å². The fourth-order valence-electron chi connectivity index (χ4n) is 2.37. The van der Waals surface area contributed by atoms with Crippen molar-refractivity contribution in [3.63, 3.8) is 0 Å². The Labute approximate surface area is 143 Å². The number of carbonyl (C=O) groups excluding carboxylic acids is 2. The van der Waals surface area contributed by atoms with Crippen LogP contribution in [0.15, 0.2) is 28.7 Å². The van der Waals surface area contributed by atoms with E-state index in [4.69, 9.17) is 9.47 Å². The highest BCUT2D eigenvalue weighted by molar-refractivity contribution is 9.10. The highest BCUT2D eigenvalue weighted by Crippen LogP contribution is 2.25. The van der Waals surface area contributed by atoms with E-state index in [1.807, 2.05) is 18.2 Å². The summed E-state index contributed by atoms with van der Waals surface area (Å²) in [6, 6.07) is 7.27. The Balaban J connectivity index is 2.22. The molecule has 0 unspecified atom stereocenters. The van der Waals surface area contributed by atoms with Crippen molar-refractivity contribution in [2.75, 3.05) is 13.2 Å². The molecule has 0 radical (unpaired) electrons. The van der Waals surface area contributed by atoms with Gasteiger partial charge in [-0.2, -0.15) is 0 Å². The molecule has 0 bridgehead atoms. The maximum absolute atomic E-state index is 12.5. The summed E-state index contributed by atoms with van der Waals surface area (Å²) in [6.45, 7) is 5.31. The van der Waals surface area contributed by atoms with Crippen LogP contribution in [-0.4, -0.2) is 30.0 Å². The Kier molecular flexibility index (Phi) is 5.60. The van der Waals surface area contributed by atoms with E-state index in [2.05, 4.69) is 20.9 Å². The maximum atomic E-state index is 12.5. The van der Waals surface area contributed by atoms with E-state index in [1.165, 1.54) is 0 Å². The first-order valence-electron chi connectivity index (χ1n) is 7.22. The number of aryl methyl sites for hydroxylation is 2. The molecule has 0 spiro atoms. The maximum Gasteiger partial charge on any atom is 0.340 e. The Morgan fingerprint density at radius 1 is 1.13 bits per heavy atom. The van der Waals surface area contributed by atoms with Crippen LogP contribution in [0, 0.1) is 13.8 Å². The van der Waals surface area contributed by atoms with Crippen LogP contribution in [0.2, 0.25) is 0 Å². The lowest BCUT2D eigenvalue weighted by molar-refractivity contribution is 0.0522. The van der Waals surface area contributed by atoms with Crippen molar-refractivity contribution < 1.29 is 19.1 Å². The zero-order valence-electron chi connectivity index (χ0n) is 13.2. The predicted octanol–water partition coefficient (Wildman–Crippen LogP) is 3.83. The first kappa shape index (κ1) is 17.3. The Morgan fingerprint density at radius 3 is 2.43 bits per heavy atom. The van der Waals surface area contributed by atoms with Gasteiger partial charge in [0.25, 0.3) is 0 Å². The minimum atomic E-state index is -0.501. The second-order valence-electron chi connectivity index (χ2n) is 4.99. The number of aromatic nitrogens is 1. The topological polar surface area (TPSA) is 68.4 Å². The molecule has 0 aliphatic carbocycles. The van der Waals surface area contributed by atoms with Crippen molar-refractivity contribution in [3.05, 3.63) is 51.3 Å². The number of carbonyl (C=O) groups is 2. The fourth-order valence-corrected chi connectivity index (χ4v) is 2.76. The molecule has 1 heterocycles. The molecule has 122 valence electrons. The number of halogens is 1. The molecule has 23 heavy (non-hydrogen) atoms. The highest BCUT2D eigenvalue weighted by Gasteiger charge is 2.25. The minimum absolute atomic E-state index is 0.160. The molecular formula is C17H18BrNO4. The van der Waals surface area contributed by atoms with Crippen molar-refractivity contribution in [2.24, 2.45) is 0 Å². The number of aromatic amines is 1. The number of para-hydroxylation sites is 1. The third-order valence-corrected chi connectivity index (χ3v) is 3.98. The fraction of sp³-hybridized carbons (Fsp3) is 0.294. The molecule has 5 nitrogen and oxygen atoms in total. The van der Waals surface area contributed by atoms with Gasteiger partial charge in [-0.05, 0) is 48.8 Å². The number of nitrogens with one attached hydrogen (secondary N) is 1. The smallest absolute Gasteiger partial charge is 0.340 e. The summed E-state index contributed by atoms with van der Waals surface area (Å²) in [5.74, 6) is -0.201. The Morgan fingerprint density at radius 2 is 1.78 bits per heavy atom. The second kappa shape index (κ2) is 7.46. The first-order chi connectivity index (χ1) is 11.0. The minimum Gasteiger partial charge on any atom is -0.484 e. The van der Waals surface area contributed by atoms with Gasteiger partial charge in [-0.3, -0.25) is 4.79 Å². The van der Waals surface area contributed by atoms with Gasteiger partial charge in [-0.1, -0.05) is 12.1 Å². The van der Waals surface area contributed by atoms with Gasteiger partial charge in [0.1, 0.15) is 5.75 Å². The standard InChI is InChI=1S/C17H18BrNO4/c1-4-22-17(21)16-11(3)19-10(2)15(16)13(20)9-23-14-8-6-5-7-12(14)18/h5-8,19H,4,9H2,1-3H3. The summed E-state index contributed by atoms with van der Waals surface area (Å²) in [6.07, 6.45) is 0. The number of benzene rings is 1. The number of H-pyrrole nitrogens is 1. The van der Waals surface area contributed by atoms with Crippen LogP contribution < -0.4 is 4.74 Å². The molecule has 0 aliphatic rings. The monoisotopic (exact) mass is 379 g/mol. The second-order valence-corrected chi connectivity index (χ2v) is 5.84. The van der Waals surface area contributed by atoms with Gasteiger partial charge >= 0.3 is 5.97 Å². The van der Waals surface area contributed by atoms with Gasteiger partial charge in [0.2, 0.25) is 5.78 Å². The number of ether oxygens (including phenoxy) is 2. The third-order valence-electron chi connectivity index (χ3n) is 3.33. The van der Waals surface area contributed by atoms with Gasteiger partial charge < -0.3 is 14.5 Å². The van der Waals surface area contributed by atoms with Crippen LogP contribution in [0.25, 0.3) is 0 Å². The van der Waals surface area contributed by atoms with Gasteiger partial charge in [0.15, 0.2) is 6.61 Å². The number of esters is 1. The zero-order chi connectivity index (χ0) is 17.0. The summed E-state index contributed by atoms with van der Waals surface area (Å²) in [7, 11) is 0. The lowest BCUT2D eigenvalue weighted by atomic mass is 10.1. The summed E-state index contributed by atoms with van der Waals surface area (Å²) in [5, 5.41) is 0. The number of hydrogen-bond donors (Lipinski definition) is 1. The Hall–Kier alpha value is -2.08. The molecule has 1 aromatic heterocycles. The van der Waals surface area contributed by atoms with E-state index in [1.54, 1.807) is 26.8 Å². The van der Waals surface area contributed by atoms with Crippen LogP contribution >= 0.6 is 15.9 Å². The van der Waals surface area contributed by atoms with Gasteiger partial charge in [-0.15, -0.1) is 0 Å². The first-order valence-corrected chi connectivity index (χ1v) is 8.01. The molecule has 0 saturated carbocycles. The third kappa shape index (κ3) is 3.82. The van der Waals surface area contributed by atoms with Gasteiger partial charge in [0, 0.05) is 11.4 Å². The molecule has 0 amide bonds. The van der Waals surface area contributed by atoms with E-state index >= 15 is 0 Å². The number of hydrogen-bond acceptors (Lipinski definition) is 4. The van der Waals surface area contributed by atoms with Crippen molar-refractivity contribution in [3.8, 4) is 5.75 Å². The van der Waals surface area contributed by atoms with Crippen LogP contribution in [0.1, 0.15) is 39.0 Å². The average Bonchev–Trinajstić information content (AvgIpc) is 2.81. The highest BCUT2D eigenvalue weighted by atomic mass is 79.9. The molecule has 2 aromatic rings. The lowest BCUT2D eigenvalue weighted by Crippen LogP contribution is -2.17.